The highest BCUT2D eigenvalue weighted by atomic mass is 31.2. The number of carbonyl (C=O) groups is 4. The third-order valence-corrected chi connectivity index (χ3v) is 19.9. The monoisotopic (exact) mass is 1410 g/mol. The van der Waals surface area contributed by atoms with Crippen LogP contribution >= 0.6 is 15.6 Å². The van der Waals surface area contributed by atoms with Gasteiger partial charge in [-0.2, -0.15) is 0 Å². The molecule has 570 valence electrons. The molecule has 0 saturated heterocycles. The number of hydrogen-bond donors (Lipinski definition) is 3. The number of phosphoric ester groups is 2. The molecule has 96 heavy (non-hydrogen) atoms. The topological polar surface area (TPSA) is 237 Å². The van der Waals surface area contributed by atoms with Crippen molar-refractivity contribution in [1.82, 2.24) is 0 Å². The second-order valence-corrected chi connectivity index (χ2v) is 31.1. The molecule has 0 amide bonds. The van der Waals surface area contributed by atoms with E-state index in [2.05, 4.69) is 34.6 Å². The summed E-state index contributed by atoms with van der Waals surface area (Å²) in [6, 6.07) is 0. The molecule has 0 aromatic rings. The van der Waals surface area contributed by atoms with Crippen LogP contribution in [0, 0.1) is 5.92 Å². The highest BCUT2D eigenvalue weighted by Crippen LogP contribution is 2.45. The lowest BCUT2D eigenvalue weighted by Crippen LogP contribution is -2.30. The number of carbonyl (C=O) groups excluding carboxylic acids is 4. The molecule has 0 aliphatic rings. The predicted octanol–water partition coefficient (Wildman–Crippen LogP) is 22.9. The van der Waals surface area contributed by atoms with E-state index in [9.17, 15) is 43.2 Å². The quantitative estimate of drug-likeness (QED) is 0.0222. The van der Waals surface area contributed by atoms with E-state index in [0.29, 0.717) is 25.7 Å². The van der Waals surface area contributed by atoms with Gasteiger partial charge in [0.2, 0.25) is 0 Å². The van der Waals surface area contributed by atoms with Gasteiger partial charge in [0.15, 0.2) is 12.2 Å². The molecule has 0 bridgehead atoms. The minimum Gasteiger partial charge on any atom is -0.462 e. The Bertz CT molecular complexity index is 1840. The van der Waals surface area contributed by atoms with Gasteiger partial charge in [-0.1, -0.05) is 356 Å². The summed E-state index contributed by atoms with van der Waals surface area (Å²) in [5.41, 5.74) is 0. The Morgan fingerprint density at radius 2 is 0.479 bits per heavy atom. The average molecular weight is 1410 g/mol. The summed E-state index contributed by atoms with van der Waals surface area (Å²) in [5, 5.41) is 10.6. The summed E-state index contributed by atoms with van der Waals surface area (Å²) < 4.78 is 68.5. The first-order chi connectivity index (χ1) is 46.5. The lowest BCUT2D eigenvalue weighted by Gasteiger charge is -2.21. The molecule has 0 aliphatic carbocycles. The molecule has 0 aromatic heterocycles. The van der Waals surface area contributed by atoms with E-state index in [1.807, 2.05) is 0 Å². The molecule has 5 atom stereocenters. The van der Waals surface area contributed by atoms with Gasteiger partial charge < -0.3 is 33.8 Å². The Morgan fingerprint density at radius 1 is 0.281 bits per heavy atom. The molecule has 0 saturated carbocycles. The van der Waals surface area contributed by atoms with Gasteiger partial charge in [-0.15, -0.1) is 0 Å². The number of aliphatic hydroxyl groups excluding tert-OH is 1. The number of aliphatic hydroxyl groups is 1. The van der Waals surface area contributed by atoms with Gasteiger partial charge in [0.25, 0.3) is 0 Å². The lowest BCUT2D eigenvalue weighted by molar-refractivity contribution is -0.161. The number of ether oxygens (including phenoxy) is 4. The highest BCUT2D eigenvalue weighted by molar-refractivity contribution is 7.47. The first-order valence-electron chi connectivity index (χ1n) is 40.1. The zero-order valence-electron chi connectivity index (χ0n) is 62.5. The fourth-order valence-corrected chi connectivity index (χ4v) is 13.5. The highest BCUT2D eigenvalue weighted by Gasteiger charge is 2.30. The van der Waals surface area contributed by atoms with Gasteiger partial charge >= 0.3 is 39.5 Å². The fourth-order valence-electron chi connectivity index (χ4n) is 11.9. The average Bonchev–Trinajstić information content (AvgIpc) is 1.18. The van der Waals surface area contributed by atoms with Crippen LogP contribution in [0.2, 0.25) is 0 Å². The molecule has 3 N–H and O–H groups in total. The van der Waals surface area contributed by atoms with Crippen molar-refractivity contribution >= 4 is 39.5 Å². The molecule has 17 nitrogen and oxygen atoms in total. The van der Waals surface area contributed by atoms with Gasteiger partial charge in [0, 0.05) is 25.7 Å². The van der Waals surface area contributed by atoms with Crippen molar-refractivity contribution in [3.63, 3.8) is 0 Å². The Labute approximate surface area is 588 Å². The van der Waals surface area contributed by atoms with Gasteiger partial charge in [-0.3, -0.25) is 37.3 Å². The molecule has 0 heterocycles. The first kappa shape index (κ1) is 94.1. The SMILES string of the molecule is CCCCCCCCCCCCCCCCCCCCCCCCC(=O)O[C@H](COC(=O)CCCCCCCCCCCC(C)C)COP(=O)(O)OC[C@@H](O)COP(=O)(O)OC[C@@H](COC(=O)CCCCCCCCCCCCC)OC(=O)CCCCCCCCCCCCC. The molecule has 0 aromatic carbocycles. The molecular weight excluding hydrogens is 1260 g/mol. The summed E-state index contributed by atoms with van der Waals surface area (Å²) in [6.07, 6.45) is 59.7. The van der Waals surface area contributed by atoms with Crippen molar-refractivity contribution in [3.8, 4) is 0 Å². The summed E-state index contributed by atoms with van der Waals surface area (Å²) in [7, 11) is -9.91. The fraction of sp³-hybridized carbons (Fsp3) is 0.948. The number of unbranched alkanes of at least 4 members (excludes halogenated alkanes) is 49. The van der Waals surface area contributed by atoms with E-state index in [4.69, 9.17) is 37.0 Å². The van der Waals surface area contributed by atoms with Crippen molar-refractivity contribution < 1.29 is 80.2 Å². The van der Waals surface area contributed by atoms with E-state index in [-0.39, 0.29) is 25.7 Å². The van der Waals surface area contributed by atoms with Crippen molar-refractivity contribution in [2.45, 2.75) is 425 Å². The number of rotatable bonds is 77. The Morgan fingerprint density at radius 3 is 0.708 bits per heavy atom. The van der Waals surface area contributed by atoms with Gasteiger partial charge in [-0.05, 0) is 31.6 Å². The second kappa shape index (κ2) is 70.1. The van der Waals surface area contributed by atoms with Crippen LogP contribution in [0.25, 0.3) is 0 Å². The summed E-state index contributed by atoms with van der Waals surface area (Å²) >= 11 is 0. The van der Waals surface area contributed by atoms with Crippen molar-refractivity contribution in [3.05, 3.63) is 0 Å². The van der Waals surface area contributed by atoms with Crippen molar-refractivity contribution in [2.24, 2.45) is 5.92 Å². The standard InChI is InChI=1S/C77H150O17P2/c1-6-9-12-15-18-21-24-25-26-27-28-29-30-31-32-33-34-37-42-48-53-58-63-77(82)94-73(67-88-75(80)61-56-51-46-43-38-39-44-49-54-59-70(4)5)69-92-96(85,86)90-65-71(78)64-89-95(83,84)91-68-72(93-76(81)62-57-52-47-41-36-23-20-17-14-11-8-3)66-87-74(79)60-55-50-45-40-35-22-19-16-13-10-7-2/h70-73,78H,6-69H2,1-5H3,(H,83,84)(H,85,86)/t71-,72+,73+/m0/s1. The van der Waals surface area contributed by atoms with Crippen LogP contribution in [-0.2, 0) is 65.4 Å². The summed E-state index contributed by atoms with van der Waals surface area (Å²) in [6.45, 7) is 7.27. The third kappa shape index (κ3) is 70.5. The lowest BCUT2D eigenvalue weighted by atomic mass is 10.0. The maximum absolute atomic E-state index is 13.1. The van der Waals surface area contributed by atoms with Gasteiger partial charge in [0.1, 0.15) is 19.3 Å². The van der Waals surface area contributed by atoms with E-state index in [1.54, 1.807) is 0 Å². The largest absolute Gasteiger partial charge is 0.472 e. The third-order valence-electron chi connectivity index (χ3n) is 18.0. The Kier molecular flexibility index (Phi) is 68.7. The molecule has 19 heteroatoms. The van der Waals surface area contributed by atoms with Crippen molar-refractivity contribution in [2.75, 3.05) is 39.6 Å². The second-order valence-electron chi connectivity index (χ2n) is 28.2. The maximum atomic E-state index is 13.1. The van der Waals surface area contributed by atoms with E-state index in [0.717, 1.165) is 95.8 Å². The zero-order valence-corrected chi connectivity index (χ0v) is 64.3. The maximum Gasteiger partial charge on any atom is 0.472 e. The zero-order chi connectivity index (χ0) is 70.5. The number of hydrogen-bond acceptors (Lipinski definition) is 15. The van der Waals surface area contributed by atoms with Gasteiger partial charge in [0.05, 0.1) is 26.4 Å². The van der Waals surface area contributed by atoms with Crippen LogP contribution in [0.3, 0.4) is 0 Å². The van der Waals surface area contributed by atoms with Crippen LogP contribution < -0.4 is 0 Å². The van der Waals surface area contributed by atoms with Gasteiger partial charge in [-0.25, -0.2) is 9.13 Å². The van der Waals surface area contributed by atoms with Crippen LogP contribution in [-0.4, -0.2) is 96.7 Å². The van der Waals surface area contributed by atoms with E-state index < -0.39 is 97.5 Å². The van der Waals surface area contributed by atoms with Crippen LogP contribution in [0.4, 0.5) is 0 Å². The molecule has 0 aliphatic heterocycles. The molecule has 2 unspecified atom stereocenters. The first-order valence-corrected chi connectivity index (χ1v) is 43.1. The summed E-state index contributed by atoms with van der Waals surface area (Å²) in [4.78, 5) is 72.8. The summed E-state index contributed by atoms with van der Waals surface area (Å²) in [5.74, 6) is -1.37. The Hall–Kier alpha value is -1.94. The minimum atomic E-state index is -4.96. The Balaban J connectivity index is 5.17. The molecule has 0 rings (SSSR count). The van der Waals surface area contributed by atoms with E-state index in [1.165, 1.54) is 231 Å². The minimum absolute atomic E-state index is 0.107. The normalized spacial score (nSPS) is 13.9. The van der Waals surface area contributed by atoms with Crippen LogP contribution in [0.1, 0.15) is 407 Å². The van der Waals surface area contributed by atoms with Crippen molar-refractivity contribution in [1.29, 1.82) is 0 Å². The molecule has 0 fully saturated rings. The number of phosphoric acid groups is 2. The predicted molar refractivity (Wildman–Crippen MR) is 391 cm³/mol. The smallest absolute Gasteiger partial charge is 0.462 e. The number of esters is 4. The molecule has 0 radical (unpaired) electrons. The molecule has 0 spiro atoms. The molecular formula is C77H150O17P2. The van der Waals surface area contributed by atoms with Crippen LogP contribution in [0.5, 0.6) is 0 Å². The van der Waals surface area contributed by atoms with Crippen LogP contribution in [0.15, 0.2) is 0 Å². The van der Waals surface area contributed by atoms with E-state index >= 15 is 0 Å².